The Morgan fingerprint density at radius 1 is 1.25 bits per heavy atom. The maximum atomic E-state index is 12.7. The second kappa shape index (κ2) is 7.29. The van der Waals surface area contributed by atoms with Gasteiger partial charge in [0.25, 0.3) is 5.91 Å². The lowest BCUT2D eigenvalue weighted by atomic mass is 10.0. The number of thiophene rings is 1. The lowest BCUT2D eigenvalue weighted by molar-refractivity contribution is -0.145. The molecule has 2 heterocycles. The molecule has 2 aromatic rings. The Bertz CT molecular complexity index is 800. The summed E-state index contributed by atoms with van der Waals surface area (Å²) in [7, 11) is 0. The topological polar surface area (TPSA) is 57.6 Å². The SMILES string of the molecule is O=C(O)[C@@H](Cc1ccccc1)N1C(=O)/C(=C\c2cccs2)SC1=S. The molecule has 0 unspecified atom stereocenters. The zero-order valence-electron chi connectivity index (χ0n) is 12.4. The highest BCUT2D eigenvalue weighted by atomic mass is 32.2. The number of carbonyl (C=O) groups is 2. The van der Waals surface area contributed by atoms with Gasteiger partial charge in [-0.2, -0.15) is 0 Å². The quantitative estimate of drug-likeness (QED) is 0.639. The molecule has 0 bridgehead atoms. The molecule has 1 fully saturated rings. The molecule has 4 nitrogen and oxygen atoms in total. The van der Waals surface area contributed by atoms with Crippen molar-refractivity contribution in [2.24, 2.45) is 0 Å². The van der Waals surface area contributed by atoms with Gasteiger partial charge in [0.1, 0.15) is 10.4 Å². The van der Waals surface area contributed by atoms with E-state index in [1.807, 2.05) is 47.8 Å². The maximum Gasteiger partial charge on any atom is 0.327 e. The fourth-order valence-corrected chi connectivity index (χ4v) is 4.46. The van der Waals surface area contributed by atoms with Gasteiger partial charge in [0.2, 0.25) is 0 Å². The average molecular weight is 375 g/mol. The third kappa shape index (κ3) is 3.58. The molecule has 1 atom stereocenters. The van der Waals surface area contributed by atoms with Crippen molar-refractivity contribution in [3.8, 4) is 0 Å². The van der Waals surface area contributed by atoms with Crippen molar-refractivity contribution in [1.82, 2.24) is 4.90 Å². The van der Waals surface area contributed by atoms with E-state index < -0.39 is 12.0 Å². The molecule has 0 aliphatic carbocycles. The average Bonchev–Trinajstić information content (AvgIpc) is 3.16. The smallest absolute Gasteiger partial charge is 0.327 e. The van der Waals surface area contributed by atoms with Crippen LogP contribution < -0.4 is 0 Å². The number of carbonyl (C=O) groups excluding carboxylic acids is 1. The minimum atomic E-state index is -1.06. The number of amides is 1. The number of thiocarbonyl (C=S) groups is 1. The number of aliphatic carboxylic acids is 1. The van der Waals surface area contributed by atoms with Crippen molar-refractivity contribution in [2.45, 2.75) is 12.5 Å². The van der Waals surface area contributed by atoms with Crippen LogP contribution in [0.2, 0.25) is 0 Å². The molecule has 3 rings (SSSR count). The highest BCUT2D eigenvalue weighted by molar-refractivity contribution is 8.26. The number of nitrogens with zero attached hydrogens (tertiary/aromatic N) is 1. The monoisotopic (exact) mass is 375 g/mol. The summed E-state index contributed by atoms with van der Waals surface area (Å²) in [6, 6.07) is 12.0. The van der Waals surface area contributed by atoms with Gasteiger partial charge in [-0.1, -0.05) is 60.4 Å². The van der Waals surface area contributed by atoms with E-state index in [2.05, 4.69) is 0 Å². The zero-order chi connectivity index (χ0) is 17.1. The fraction of sp³-hybridized carbons (Fsp3) is 0.118. The number of benzene rings is 1. The summed E-state index contributed by atoms with van der Waals surface area (Å²) in [5.41, 5.74) is 0.848. The van der Waals surface area contributed by atoms with Gasteiger partial charge in [-0.25, -0.2) is 4.79 Å². The number of hydrogen-bond acceptors (Lipinski definition) is 5. The standard InChI is InChI=1S/C17H13NO3S3/c19-15-14(10-12-7-4-8-23-12)24-17(22)18(15)13(16(20)21)9-11-5-2-1-3-6-11/h1-8,10,13H,9H2,(H,20,21)/b14-10+/t13-/m1/s1. The third-order valence-electron chi connectivity index (χ3n) is 3.51. The number of hydrogen-bond donors (Lipinski definition) is 1. The Morgan fingerprint density at radius 3 is 2.62 bits per heavy atom. The van der Waals surface area contributed by atoms with E-state index in [-0.39, 0.29) is 16.6 Å². The first-order valence-electron chi connectivity index (χ1n) is 7.13. The summed E-state index contributed by atoms with van der Waals surface area (Å²) >= 11 is 7.93. The first-order valence-corrected chi connectivity index (χ1v) is 9.24. The van der Waals surface area contributed by atoms with E-state index in [1.165, 1.54) is 16.2 Å². The Balaban J connectivity index is 1.87. The number of carboxylic acid groups (broad SMARTS) is 1. The first-order chi connectivity index (χ1) is 11.6. The zero-order valence-corrected chi connectivity index (χ0v) is 14.9. The van der Waals surface area contributed by atoms with Crippen molar-refractivity contribution < 1.29 is 14.7 Å². The third-order valence-corrected chi connectivity index (χ3v) is 5.66. The first kappa shape index (κ1) is 16.9. The summed E-state index contributed by atoms with van der Waals surface area (Å²) in [5, 5.41) is 11.5. The molecule has 1 N–H and O–H groups in total. The van der Waals surface area contributed by atoms with Crippen LogP contribution in [-0.2, 0) is 16.0 Å². The Labute approximate surface area is 152 Å². The van der Waals surface area contributed by atoms with Crippen molar-refractivity contribution in [1.29, 1.82) is 0 Å². The molecule has 0 spiro atoms. The van der Waals surface area contributed by atoms with E-state index in [0.29, 0.717) is 4.91 Å². The largest absolute Gasteiger partial charge is 0.480 e. The normalized spacial score (nSPS) is 17.5. The van der Waals surface area contributed by atoms with Gasteiger partial charge in [-0.15, -0.1) is 11.3 Å². The molecule has 1 amide bonds. The van der Waals surface area contributed by atoms with Gasteiger partial charge in [-0.3, -0.25) is 9.69 Å². The highest BCUT2D eigenvalue weighted by Gasteiger charge is 2.40. The molecular weight excluding hydrogens is 362 g/mol. The van der Waals surface area contributed by atoms with Crippen LogP contribution in [0.3, 0.4) is 0 Å². The van der Waals surface area contributed by atoms with E-state index in [0.717, 1.165) is 22.2 Å². The van der Waals surface area contributed by atoms with E-state index in [1.54, 1.807) is 6.08 Å². The molecule has 1 aliphatic heterocycles. The molecule has 1 aliphatic rings. The molecule has 1 saturated heterocycles. The Kier molecular flexibility index (Phi) is 5.13. The van der Waals surface area contributed by atoms with E-state index in [9.17, 15) is 14.7 Å². The number of carboxylic acids is 1. The van der Waals surface area contributed by atoms with Crippen LogP contribution >= 0.6 is 35.3 Å². The van der Waals surface area contributed by atoms with E-state index in [4.69, 9.17) is 12.2 Å². The van der Waals surface area contributed by atoms with Crippen LogP contribution in [0.1, 0.15) is 10.4 Å². The second-order valence-electron chi connectivity index (χ2n) is 5.11. The molecule has 1 aromatic heterocycles. The van der Waals surface area contributed by atoms with Gasteiger partial charge in [0.05, 0.1) is 4.91 Å². The maximum absolute atomic E-state index is 12.7. The van der Waals surface area contributed by atoms with E-state index >= 15 is 0 Å². The molecular formula is C17H13NO3S3. The molecule has 122 valence electrons. The Hall–Kier alpha value is -1.96. The summed E-state index contributed by atoms with van der Waals surface area (Å²) in [6.45, 7) is 0. The van der Waals surface area contributed by atoms with Crippen LogP contribution in [-0.4, -0.2) is 32.2 Å². The number of rotatable bonds is 5. The summed E-state index contributed by atoms with van der Waals surface area (Å²) < 4.78 is 0.283. The second-order valence-corrected chi connectivity index (χ2v) is 7.77. The molecule has 7 heteroatoms. The summed E-state index contributed by atoms with van der Waals surface area (Å²) in [5.74, 6) is -1.41. The molecule has 1 aromatic carbocycles. The van der Waals surface area contributed by atoms with Gasteiger partial charge in [-0.05, 0) is 23.1 Å². The van der Waals surface area contributed by atoms with Crippen molar-refractivity contribution in [3.05, 3.63) is 63.2 Å². The fourth-order valence-electron chi connectivity index (χ4n) is 2.38. The van der Waals surface area contributed by atoms with Crippen molar-refractivity contribution >= 4 is 57.6 Å². The van der Waals surface area contributed by atoms with Gasteiger partial charge >= 0.3 is 5.97 Å². The van der Waals surface area contributed by atoms with Crippen molar-refractivity contribution in [2.75, 3.05) is 0 Å². The highest BCUT2D eigenvalue weighted by Crippen LogP contribution is 2.35. The Morgan fingerprint density at radius 2 is 2.00 bits per heavy atom. The van der Waals surface area contributed by atoms with Gasteiger partial charge in [0.15, 0.2) is 0 Å². The minimum Gasteiger partial charge on any atom is -0.480 e. The van der Waals surface area contributed by atoms with Crippen LogP contribution in [0.25, 0.3) is 6.08 Å². The van der Waals surface area contributed by atoms with Crippen LogP contribution in [0.4, 0.5) is 0 Å². The number of thioether (sulfide) groups is 1. The molecule has 0 radical (unpaired) electrons. The summed E-state index contributed by atoms with van der Waals surface area (Å²) in [4.78, 5) is 27.0. The summed E-state index contributed by atoms with van der Waals surface area (Å²) in [6.07, 6.45) is 1.97. The molecule has 0 saturated carbocycles. The van der Waals surface area contributed by atoms with Crippen LogP contribution in [0.5, 0.6) is 0 Å². The van der Waals surface area contributed by atoms with Gasteiger partial charge < -0.3 is 5.11 Å². The molecule has 24 heavy (non-hydrogen) atoms. The lowest BCUT2D eigenvalue weighted by Gasteiger charge is -2.23. The van der Waals surface area contributed by atoms with Crippen molar-refractivity contribution in [3.63, 3.8) is 0 Å². The predicted molar refractivity (Wildman–Crippen MR) is 101 cm³/mol. The lowest BCUT2D eigenvalue weighted by Crippen LogP contribution is -2.45. The van der Waals surface area contributed by atoms with Crippen LogP contribution in [0, 0.1) is 0 Å². The van der Waals surface area contributed by atoms with Gasteiger partial charge in [0, 0.05) is 11.3 Å². The minimum absolute atomic E-state index is 0.217. The van der Waals surface area contributed by atoms with Crippen LogP contribution in [0.15, 0.2) is 52.7 Å². The predicted octanol–water partition coefficient (Wildman–Crippen LogP) is 3.65.